The van der Waals surface area contributed by atoms with Crippen molar-refractivity contribution in [2.45, 2.75) is 12.5 Å². The van der Waals surface area contributed by atoms with Crippen LogP contribution in [0.4, 0.5) is 11.4 Å². The normalized spacial score (nSPS) is 15.7. The van der Waals surface area contributed by atoms with Crippen molar-refractivity contribution >= 4 is 17.3 Å². The van der Waals surface area contributed by atoms with Crippen molar-refractivity contribution < 1.29 is 9.53 Å². The van der Waals surface area contributed by atoms with Gasteiger partial charge in [0.2, 0.25) is 0 Å². The predicted molar refractivity (Wildman–Crippen MR) is 78.8 cm³/mol. The molecule has 21 heavy (non-hydrogen) atoms. The van der Waals surface area contributed by atoms with Crippen LogP contribution >= 0.6 is 0 Å². The van der Waals surface area contributed by atoms with E-state index in [1.807, 2.05) is 30.3 Å². The van der Waals surface area contributed by atoms with Crippen LogP contribution in [-0.2, 0) is 11.2 Å². The Kier molecular flexibility index (Phi) is 3.20. The SMILES string of the molecule is N#Cc1cc(N)ccc1NC(=O)C1Cc2ccccc2O1. The van der Waals surface area contributed by atoms with E-state index < -0.39 is 6.10 Å². The minimum Gasteiger partial charge on any atom is -0.480 e. The highest BCUT2D eigenvalue weighted by Crippen LogP contribution is 2.29. The predicted octanol–water partition coefficient (Wildman–Crippen LogP) is 2.08. The Morgan fingerprint density at radius 2 is 2.14 bits per heavy atom. The van der Waals surface area contributed by atoms with Gasteiger partial charge in [-0.05, 0) is 29.8 Å². The van der Waals surface area contributed by atoms with Crippen LogP contribution in [0.15, 0.2) is 42.5 Å². The number of rotatable bonds is 2. The third-order valence-electron chi connectivity index (χ3n) is 3.36. The van der Waals surface area contributed by atoms with Crippen LogP contribution in [0.5, 0.6) is 5.75 Å². The minimum atomic E-state index is -0.577. The number of hydrogen-bond donors (Lipinski definition) is 2. The molecule has 0 fully saturated rings. The maximum Gasteiger partial charge on any atom is 0.265 e. The molecule has 3 N–H and O–H groups in total. The summed E-state index contributed by atoms with van der Waals surface area (Å²) in [6, 6.07) is 14.4. The van der Waals surface area contributed by atoms with Crippen LogP contribution in [0.25, 0.3) is 0 Å². The number of hydrogen-bond acceptors (Lipinski definition) is 4. The van der Waals surface area contributed by atoms with Gasteiger partial charge in [0, 0.05) is 12.1 Å². The number of carbonyl (C=O) groups excluding carboxylic acids is 1. The van der Waals surface area contributed by atoms with Gasteiger partial charge in [-0.2, -0.15) is 5.26 Å². The number of benzene rings is 2. The van der Waals surface area contributed by atoms with Crippen molar-refractivity contribution in [2.75, 3.05) is 11.1 Å². The van der Waals surface area contributed by atoms with E-state index in [1.165, 1.54) is 6.07 Å². The fraction of sp³-hybridized carbons (Fsp3) is 0.125. The zero-order valence-corrected chi connectivity index (χ0v) is 11.2. The first-order valence-corrected chi connectivity index (χ1v) is 6.52. The molecule has 0 spiro atoms. The Morgan fingerprint density at radius 1 is 1.33 bits per heavy atom. The number of nitrogens with one attached hydrogen (secondary N) is 1. The molecule has 1 atom stereocenters. The summed E-state index contributed by atoms with van der Waals surface area (Å²) >= 11 is 0. The summed E-state index contributed by atoms with van der Waals surface area (Å²) < 4.78 is 5.62. The van der Waals surface area contributed by atoms with E-state index in [4.69, 9.17) is 15.7 Å². The summed E-state index contributed by atoms with van der Waals surface area (Å²) in [6.07, 6.45) is -0.0507. The molecule has 1 heterocycles. The lowest BCUT2D eigenvalue weighted by Crippen LogP contribution is -2.31. The van der Waals surface area contributed by atoms with Crippen LogP contribution in [-0.4, -0.2) is 12.0 Å². The van der Waals surface area contributed by atoms with Crippen molar-refractivity contribution in [3.8, 4) is 11.8 Å². The van der Waals surface area contributed by atoms with Crippen LogP contribution in [0.3, 0.4) is 0 Å². The second kappa shape index (κ2) is 5.17. The molecule has 1 amide bonds. The Bertz CT molecular complexity index is 724. The highest BCUT2D eigenvalue weighted by Gasteiger charge is 2.29. The van der Waals surface area contributed by atoms with E-state index in [-0.39, 0.29) is 5.91 Å². The fourth-order valence-electron chi connectivity index (χ4n) is 2.30. The van der Waals surface area contributed by atoms with Crippen LogP contribution in [0.2, 0.25) is 0 Å². The molecule has 2 aromatic carbocycles. The Morgan fingerprint density at radius 3 is 2.90 bits per heavy atom. The van der Waals surface area contributed by atoms with E-state index in [0.717, 1.165) is 11.3 Å². The molecule has 5 nitrogen and oxygen atoms in total. The Balaban J connectivity index is 1.76. The Labute approximate surface area is 121 Å². The first kappa shape index (κ1) is 13.0. The third kappa shape index (κ3) is 2.51. The number of anilines is 2. The van der Waals surface area contributed by atoms with Crippen molar-refractivity contribution in [2.24, 2.45) is 0 Å². The quantitative estimate of drug-likeness (QED) is 0.824. The van der Waals surface area contributed by atoms with Gasteiger partial charge >= 0.3 is 0 Å². The van der Waals surface area contributed by atoms with Gasteiger partial charge in [0.25, 0.3) is 5.91 Å². The number of nitriles is 1. The molecule has 0 saturated carbocycles. The molecule has 0 bridgehead atoms. The molecule has 0 saturated heterocycles. The maximum absolute atomic E-state index is 12.3. The van der Waals surface area contributed by atoms with Gasteiger partial charge < -0.3 is 15.8 Å². The highest BCUT2D eigenvalue weighted by molar-refractivity contribution is 5.96. The minimum absolute atomic E-state index is 0.271. The first-order chi connectivity index (χ1) is 10.2. The molecule has 0 aliphatic carbocycles. The van der Waals surface area contributed by atoms with Crippen molar-refractivity contribution in [1.82, 2.24) is 0 Å². The highest BCUT2D eigenvalue weighted by atomic mass is 16.5. The summed E-state index contributed by atoms with van der Waals surface area (Å²) in [5.74, 6) is 0.461. The molecule has 0 aromatic heterocycles. The summed E-state index contributed by atoms with van der Waals surface area (Å²) in [5, 5.41) is 11.8. The standard InChI is InChI=1S/C16H13N3O2/c17-9-11-7-12(18)5-6-13(11)19-16(20)15-8-10-3-1-2-4-14(10)21-15/h1-7,15H,8,18H2,(H,19,20). The third-order valence-corrected chi connectivity index (χ3v) is 3.36. The molecule has 3 rings (SSSR count). The largest absolute Gasteiger partial charge is 0.480 e. The number of fused-ring (bicyclic) bond motifs is 1. The lowest BCUT2D eigenvalue weighted by molar-refractivity contribution is -0.122. The zero-order chi connectivity index (χ0) is 14.8. The van der Waals surface area contributed by atoms with Gasteiger partial charge in [-0.3, -0.25) is 4.79 Å². The number of nitrogens with two attached hydrogens (primary N) is 1. The molecule has 1 unspecified atom stereocenters. The van der Waals surface area contributed by atoms with E-state index in [2.05, 4.69) is 5.32 Å². The van der Waals surface area contributed by atoms with Crippen LogP contribution < -0.4 is 15.8 Å². The van der Waals surface area contributed by atoms with Crippen molar-refractivity contribution in [1.29, 1.82) is 5.26 Å². The molecular formula is C16H13N3O2. The summed E-state index contributed by atoms with van der Waals surface area (Å²) in [5.41, 5.74) is 7.89. The number of nitrogen functional groups attached to an aromatic ring is 1. The molecule has 2 aromatic rings. The van der Waals surface area contributed by atoms with E-state index in [9.17, 15) is 4.79 Å². The number of carbonyl (C=O) groups is 1. The first-order valence-electron chi connectivity index (χ1n) is 6.52. The topological polar surface area (TPSA) is 88.1 Å². The van der Waals surface area contributed by atoms with Crippen molar-refractivity contribution in [3.63, 3.8) is 0 Å². The molecule has 1 aliphatic heterocycles. The number of nitrogens with zero attached hydrogens (tertiary/aromatic N) is 1. The number of amides is 1. The van der Waals surface area contributed by atoms with Gasteiger partial charge in [0.05, 0.1) is 11.3 Å². The van der Waals surface area contributed by atoms with Crippen LogP contribution in [0.1, 0.15) is 11.1 Å². The fourth-order valence-corrected chi connectivity index (χ4v) is 2.30. The molecule has 104 valence electrons. The van der Waals surface area contributed by atoms with E-state index >= 15 is 0 Å². The summed E-state index contributed by atoms with van der Waals surface area (Å²) in [7, 11) is 0. The van der Waals surface area contributed by atoms with Crippen LogP contribution in [0, 0.1) is 11.3 Å². The van der Waals surface area contributed by atoms with E-state index in [1.54, 1.807) is 12.1 Å². The maximum atomic E-state index is 12.3. The summed E-state index contributed by atoms with van der Waals surface area (Å²) in [4.78, 5) is 12.3. The summed E-state index contributed by atoms with van der Waals surface area (Å²) in [6.45, 7) is 0. The second-order valence-corrected chi connectivity index (χ2v) is 4.82. The van der Waals surface area contributed by atoms with Crippen molar-refractivity contribution in [3.05, 3.63) is 53.6 Å². The van der Waals surface area contributed by atoms with Gasteiger partial charge in [-0.25, -0.2) is 0 Å². The van der Waals surface area contributed by atoms with Gasteiger partial charge in [0.15, 0.2) is 6.10 Å². The molecule has 0 radical (unpaired) electrons. The van der Waals surface area contributed by atoms with Gasteiger partial charge in [-0.15, -0.1) is 0 Å². The lowest BCUT2D eigenvalue weighted by Gasteiger charge is -2.12. The molecular weight excluding hydrogens is 266 g/mol. The smallest absolute Gasteiger partial charge is 0.265 e. The zero-order valence-electron chi connectivity index (χ0n) is 11.2. The number of para-hydroxylation sites is 1. The second-order valence-electron chi connectivity index (χ2n) is 4.82. The number of ether oxygens (including phenoxy) is 1. The Hall–Kier alpha value is -3.00. The average Bonchev–Trinajstić information content (AvgIpc) is 2.93. The van der Waals surface area contributed by atoms with Gasteiger partial charge in [0.1, 0.15) is 11.8 Å². The van der Waals surface area contributed by atoms with Gasteiger partial charge in [-0.1, -0.05) is 18.2 Å². The lowest BCUT2D eigenvalue weighted by atomic mass is 10.1. The molecule has 1 aliphatic rings. The average molecular weight is 279 g/mol. The van der Waals surface area contributed by atoms with E-state index in [0.29, 0.717) is 23.4 Å². The molecule has 5 heteroatoms. The monoisotopic (exact) mass is 279 g/mol.